The fourth-order valence-corrected chi connectivity index (χ4v) is 16.2. The fourth-order valence-electron chi connectivity index (χ4n) is 15.1. The number of fused-ring (bicyclic) bond motifs is 16. The number of thiophene rings is 1. The third kappa shape index (κ3) is 5.27. The quantitative estimate of drug-likeness (QED) is 0.151. The monoisotopic (exact) mass is 911 g/mol. The van der Waals surface area contributed by atoms with E-state index in [0.717, 1.165) is 0 Å². The molecule has 6 aromatic carbocycles. The van der Waals surface area contributed by atoms with Crippen LogP contribution in [0.5, 0.6) is 0 Å². The zero-order valence-corrected chi connectivity index (χ0v) is 44.5. The van der Waals surface area contributed by atoms with E-state index < -0.39 is 0 Å². The first kappa shape index (κ1) is 43.2. The SMILES string of the molecule is Cc1cc(C(C)(C)C)ccc1N1B2c3cc(C(C)(C)C)cc4c3N(c3c2c(cc2sc5ccccc5c32)-c2ccc3c(c21)C(C)(C)c1cc2c(cc1-3)C(C)(C)CCC2(C)C)C1(C)CCCCC41C. The van der Waals surface area contributed by atoms with Gasteiger partial charge in [0.15, 0.2) is 0 Å². The molecular weight excluding hydrogens is 840 g/mol. The molecule has 3 aliphatic heterocycles. The molecule has 4 heterocycles. The molecule has 0 bridgehead atoms. The average Bonchev–Trinajstić information content (AvgIpc) is 3.83. The summed E-state index contributed by atoms with van der Waals surface area (Å²) in [4.78, 5) is 5.91. The van der Waals surface area contributed by atoms with E-state index in [-0.39, 0.29) is 44.9 Å². The first-order valence-corrected chi connectivity index (χ1v) is 27.0. The first-order chi connectivity index (χ1) is 31.9. The molecule has 1 saturated carbocycles. The molecular formula is C64H71BN2S. The Labute approximate surface area is 411 Å². The van der Waals surface area contributed by atoms with Crippen molar-refractivity contribution in [2.75, 3.05) is 9.71 Å². The van der Waals surface area contributed by atoms with Crippen molar-refractivity contribution in [3.05, 3.63) is 129 Å². The second-order valence-electron chi connectivity index (χ2n) is 26.8. The molecule has 1 aromatic heterocycles. The van der Waals surface area contributed by atoms with Crippen molar-refractivity contribution in [2.45, 2.75) is 180 Å². The molecule has 0 N–H and O–H groups in total. The number of anilines is 4. The first-order valence-electron chi connectivity index (χ1n) is 26.1. The number of nitrogens with zero attached hydrogens (tertiary/aromatic N) is 2. The van der Waals surface area contributed by atoms with Crippen molar-refractivity contribution in [2.24, 2.45) is 0 Å². The summed E-state index contributed by atoms with van der Waals surface area (Å²) in [7, 11) is 0. The van der Waals surface area contributed by atoms with Gasteiger partial charge in [0.25, 0.3) is 0 Å². The molecule has 3 aliphatic carbocycles. The van der Waals surface area contributed by atoms with Gasteiger partial charge < -0.3 is 9.71 Å². The second-order valence-corrected chi connectivity index (χ2v) is 27.8. The van der Waals surface area contributed by atoms with Gasteiger partial charge >= 0.3 is 6.85 Å². The molecule has 2 unspecified atom stereocenters. The molecule has 68 heavy (non-hydrogen) atoms. The van der Waals surface area contributed by atoms with Crippen molar-refractivity contribution in [1.29, 1.82) is 0 Å². The van der Waals surface area contributed by atoms with Crippen LogP contribution in [0, 0.1) is 6.92 Å². The van der Waals surface area contributed by atoms with Gasteiger partial charge in [-0.05, 0) is 158 Å². The molecule has 4 heteroatoms. The zero-order valence-electron chi connectivity index (χ0n) is 43.7. The number of hydrogen-bond donors (Lipinski definition) is 0. The fraction of sp³-hybridized carbons (Fsp3) is 0.438. The number of rotatable bonds is 1. The summed E-state index contributed by atoms with van der Waals surface area (Å²) in [6, 6.07) is 35.3. The van der Waals surface area contributed by atoms with Gasteiger partial charge in [-0.2, -0.15) is 0 Å². The average molecular weight is 911 g/mol. The lowest BCUT2D eigenvalue weighted by Crippen LogP contribution is -2.65. The molecule has 6 aliphatic rings. The third-order valence-electron chi connectivity index (χ3n) is 19.4. The molecule has 0 amide bonds. The summed E-state index contributed by atoms with van der Waals surface area (Å²) in [5.74, 6) is 0. The van der Waals surface area contributed by atoms with Crippen LogP contribution in [0.3, 0.4) is 0 Å². The Morgan fingerprint density at radius 1 is 0.559 bits per heavy atom. The van der Waals surface area contributed by atoms with E-state index in [1.807, 2.05) is 11.3 Å². The standard InChI is InChI=1S/C64H71BN2S/c1-36-30-37(58(2,3)4)22-25-49(36)67-55-40(24-23-39-42-33-45-46(35-44(42)62(12,13)53(39)55)61(10,11)29-28-60(45,8)9)43-34-51-52(41-20-16-17-21-50(41)68-51)57-54(43)65(67)48-32-38(59(5,6)7)31-47-56(48)66(57)64(15)27-19-18-26-63(47,64)14/h16-17,20-25,30-35H,18-19,26-29H2,1-15H3. The van der Waals surface area contributed by atoms with E-state index in [4.69, 9.17) is 0 Å². The number of hydrogen-bond acceptors (Lipinski definition) is 3. The minimum atomic E-state index is -0.242. The molecule has 0 spiro atoms. The van der Waals surface area contributed by atoms with E-state index in [1.165, 1.54) is 142 Å². The van der Waals surface area contributed by atoms with E-state index in [9.17, 15) is 0 Å². The van der Waals surface area contributed by atoms with Gasteiger partial charge in [-0.3, -0.25) is 0 Å². The van der Waals surface area contributed by atoms with Crippen LogP contribution in [-0.2, 0) is 32.5 Å². The Hall–Kier alpha value is -4.80. The van der Waals surface area contributed by atoms with Gasteiger partial charge in [-0.1, -0.05) is 164 Å². The lowest BCUT2D eigenvalue weighted by atomic mass is 9.42. The Balaban J connectivity index is 1.22. The van der Waals surface area contributed by atoms with Crippen molar-refractivity contribution < 1.29 is 0 Å². The largest absolute Gasteiger partial charge is 0.376 e. The molecule has 2 atom stereocenters. The van der Waals surface area contributed by atoms with E-state index >= 15 is 0 Å². The van der Waals surface area contributed by atoms with Crippen LogP contribution in [0.15, 0.2) is 84.9 Å². The smallest absolute Gasteiger partial charge is 0.333 e. The molecule has 1 fully saturated rings. The highest BCUT2D eigenvalue weighted by Crippen LogP contribution is 2.66. The van der Waals surface area contributed by atoms with E-state index in [2.05, 4.69) is 198 Å². The van der Waals surface area contributed by atoms with Crippen molar-refractivity contribution in [3.63, 3.8) is 0 Å². The normalized spacial score (nSPS) is 23.2. The molecule has 0 radical (unpaired) electrons. The summed E-state index contributed by atoms with van der Waals surface area (Å²) in [6.07, 6.45) is 7.36. The van der Waals surface area contributed by atoms with Gasteiger partial charge in [0.2, 0.25) is 0 Å². The Kier molecular flexibility index (Phi) is 8.35. The van der Waals surface area contributed by atoms with Gasteiger partial charge in [-0.15, -0.1) is 11.3 Å². The Morgan fingerprint density at radius 3 is 1.94 bits per heavy atom. The van der Waals surface area contributed by atoms with Crippen LogP contribution in [0.4, 0.5) is 22.7 Å². The molecule has 2 nitrogen and oxygen atoms in total. The lowest BCUT2D eigenvalue weighted by molar-refractivity contribution is 0.195. The third-order valence-corrected chi connectivity index (χ3v) is 20.6. The molecule has 13 rings (SSSR count). The minimum absolute atomic E-state index is 0.00152. The molecule has 346 valence electrons. The predicted octanol–water partition coefficient (Wildman–Crippen LogP) is 16.6. The van der Waals surface area contributed by atoms with Gasteiger partial charge in [0, 0.05) is 59.3 Å². The zero-order chi connectivity index (χ0) is 47.8. The van der Waals surface area contributed by atoms with E-state index in [1.54, 1.807) is 16.7 Å². The van der Waals surface area contributed by atoms with Gasteiger partial charge in [0.05, 0.1) is 5.54 Å². The number of benzene rings is 6. The minimum Gasteiger partial charge on any atom is -0.376 e. The maximum atomic E-state index is 2.99. The van der Waals surface area contributed by atoms with Crippen molar-refractivity contribution in [3.8, 4) is 22.3 Å². The van der Waals surface area contributed by atoms with Gasteiger partial charge in [0.1, 0.15) is 0 Å². The van der Waals surface area contributed by atoms with Crippen LogP contribution in [0.25, 0.3) is 42.4 Å². The second kappa shape index (κ2) is 13.1. The van der Waals surface area contributed by atoms with Crippen molar-refractivity contribution in [1.82, 2.24) is 0 Å². The summed E-state index contributed by atoms with van der Waals surface area (Å²) < 4.78 is 2.79. The number of aryl methyl sites for hydroxylation is 1. The predicted molar refractivity (Wildman–Crippen MR) is 296 cm³/mol. The lowest BCUT2D eigenvalue weighted by Gasteiger charge is -2.53. The van der Waals surface area contributed by atoms with Crippen LogP contribution in [-0.4, -0.2) is 12.4 Å². The Morgan fingerprint density at radius 2 is 1.24 bits per heavy atom. The maximum absolute atomic E-state index is 2.99. The highest BCUT2D eigenvalue weighted by molar-refractivity contribution is 7.26. The summed E-state index contributed by atoms with van der Waals surface area (Å²) >= 11 is 2.00. The maximum Gasteiger partial charge on any atom is 0.333 e. The van der Waals surface area contributed by atoms with Crippen LogP contribution in [0.2, 0.25) is 0 Å². The topological polar surface area (TPSA) is 6.48 Å². The van der Waals surface area contributed by atoms with Crippen LogP contribution in [0.1, 0.15) is 180 Å². The highest BCUT2D eigenvalue weighted by atomic mass is 32.1. The van der Waals surface area contributed by atoms with E-state index in [0.29, 0.717) is 0 Å². The van der Waals surface area contributed by atoms with Gasteiger partial charge in [-0.25, -0.2) is 0 Å². The van der Waals surface area contributed by atoms with Crippen LogP contribution < -0.4 is 20.6 Å². The summed E-state index contributed by atoms with van der Waals surface area (Å²) in [5.41, 5.74) is 26.2. The van der Waals surface area contributed by atoms with Crippen LogP contribution >= 0.6 is 11.3 Å². The summed E-state index contributed by atoms with van der Waals surface area (Å²) in [5, 5.41) is 2.85. The highest BCUT2D eigenvalue weighted by Gasteiger charge is 2.63. The Bertz CT molecular complexity index is 3420. The summed E-state index contributed by atoms with van der Waals surface area (Å²) in [6.45, 7) is 37.2. The molecule has 7 aromatic rings. The molecule has 0 saturated heterocycles. The van der Waals surface area contributed by atoms with Crippen molar-refractivity contribution >= 4 is 72.0 Å².